The van der Waals surface area contributed by atoms with Crippen molar-refractivity contribution in [1.29, 1.82) is 0 Å². The van der Waals surface area contributed by atoms with Crippen LogP contribution in [-0.2, 0) is 4.79 Å². The summed E-state index contributed by atoms with van der Waals surface area (Å²) in [5.74, 6) is -0.461. The highest BCUT2D eigenvalue weighted by molar-refractivity contribution is 6.38. The fourth-order valence-corrected chi connectivity index (χ4v) is 0.622. The maximum absolute atomic E-state index is 10.3. The average Bonchev–Trinajstić information content (AvgIpc) is 1.80. The Balaban J connectivity index is 2.82. The van der Waals surface area contributed by atoms with Crippen LogP contribution in [0.25, 0.3) is 0 Å². The molecule has 0 aromatic carbocycles. The van der Waals surface area contributed by atoms with Crippen LogP contribution >= 0.6 is 23.2 Å². The van der Waals surface area contributed by atoms with Crippen molar-refractivity contribution < 1.29 is 4.79 Å². The molecule has 0 N–H and O–H groups in total. The molecule has 1 aliphatic rings. The second-order valence-corrected chi connectivity index (χ2v) is 2.27. The molecule has 0 bridgehead atoms. The summed E-state index contributed by atoms with van der Waals surface area (Å²) in [7, 11) is 0. The third-order valence-electron chi connectivity index (χ3n) is 0.747. The van der Waals surface area contributed by atoms with Crippen LogP contribution < -0.4 is 0 Å². The number of hydrogen-bond acceptors (Lipinski definition) is 2. The maximum atomic E-state index is 10.3. The second-order valence-electron chi connectivity index (χ2n) is 1.42. The van der Waals surface area contributed by atoms with E-state index < -0.39 is 11.4 Å². The van der Waals surface area contributed by atoms with Gasteiger partial charge in [-0.3, -0.25) is 4.79 Å². The summed E-state index contributed by atoms with van der Waals surface area (Å²) in [6.07, 6.45) is 1.15. The Labute approximate surface area is 61.4 Å². The van der Waals surface area contributed by atoms with Crippen molar-refractivity contribution in [1.82, 2.24) is 0 Å². The monoisotopic (exact) mass is 164 g/mol. The van der Waals surface area contributed by atoms with E-state index in [1.54, 1.807) is 0 Å². The third-order valence-corrected chi connectivity index (χ3v) is 1.50. The van der Waals surface area contributed by atoms with Crippen LogP contribution in [0.5, 0.6) is 0 Å². The summed E-state index contributed by atoms with van der Waals surface area (Å²) in [5, 5.41) is 6.71. The van der Waals surface area contributed by atoms with Crippen molar-refractivity contribution in [2.24, 2.45) is 10.2 Å². The van der Waals surface area contributed by atoms with Crippen molar-refractivity contribution >= 4 is 29.1 Å². The SMILES string of the molecule is O=C1C=C(Cl)C(Cl)N=N1. The first-order valence-electron chi connectivity index (χ1n) is 2.16. The molecular weight excluding hydrogens is 163 g/mol. The molecule has 0 spiro atoms. The van der Waals surface area contributed by atoms with Crippen LogP contribution in [-0.4, -0.2) is 11.4 Å². The van der Waals surface area contributed by atoms with E-state index in [1.165, 1.54) is 0 Å². The van der Waals surface area contributed by atoms with Gasteiger partial charge < -0.3 is 0 Å². The minimum absolute atomic E-state index is 0.219. The van der Waals surface area contributed by atoms with Crippen LogP contribution in [0.4, 0.5) is 0 Å². The fraction of sp³-hybridized carbons (Fsp3) is 0.250. The van der Waals surface area contributed by atoms with Gasteiger partial charge in [0.15, 0.2) is 5.50 Å². The highest BCUT2D eigenvalue weighted by atomic mass is 35.5. The molecule has 9 heavy (non-hydrogen) atoms. The summed E-state index contributed by atoms with van der Waals surface area (Å²) in [4.78, 5) is 10.3. The van der Waals surface area contributed by atoms with Crippen LogP contribution in [0, 0.1) is 0 Å². The van der Waals surface area contributed by atoms with Crippen LogP contribution in [0.2, 0.25) is 0 Å². The summed E-state index contributed by atoms with van der Waals surface area (Å²) >= 11 is 10.8. The number of carbonyl (C=O) groups excluding carboxylic acids is 1. The van der Waals surface area contributed by atoms with Gasteiger partial charge in [0.2, 0.25) is 0 Å². The highest BCUT2D eigenvalue weighted by Gasteiger charge is 2.13. The van der Waals surface area contributed by atoms with E-state index in [0.29, 0.717) is 0 Å². The third kappa shape index (κ3) is 1.50. The molecule has 48 valence electrons. The van der Waals surface area contributed by atoms with Crippen LogP contribution in [0.3, 0.4) is 0 Å². The Hall–Kier alpha value is -0.410. The summed E-state index contributed by atoms with van der Waals surface area (Å²) < 4.78 is 0. The normalized spacial score (nSPS) is 26.2. The van der Waals surface area contributed by atoms with Gasteiger partial charge in [-0.05, 0) is 0 Å². The number of azo groups is 1. The number of rotatable bonds is 0. The van der Waals surface area contributed by atoms with E-state index in [4.69, 9.17) is 23.2 Å². The highest BCUT2D eigenvalue weighted by Crippen LogP contribution is 2.19. The first kappa shape index (κ1) is 6.71. The Kier molecular flexibility index (Phi) is 1.83. The fourth-order valence-electron chi connectivity index (χ4n) is 0.378. The molecular formula is C4H2Cl2N2O. The molecule has 1 rings (SSSR count). The second kappa shape index (κ2) is 2.45. The Bertz CT molecular complexity index is 199. The Morgan fingerprint density at radius 1 is 1.67 bits per heavy atom. The molecule has 1 atom stereocenters. The molecule has 0 aromatic rings. The van der Waals surface area contributed by atoms with Crippen molar-refractivity contribution in [3.8, 4) is 0 Å². The lowest BCUT2D eigenvalue weighted by Gasteiger charge is -2.02. The van der Waals surface area contributed by atoms with Crippen molar-refractivity contribution in [2.45, 2.75) is 5.50 Å². The molecule has 3 nitrogen and oxygen atoms in total. The van der Waals surface area contributed by atoms with Crippen LogP contribution in [0.1, 0.15) is 0 Å². The average molecular weight is 165 g/mol. The largest absolute Gasteiger partial charge is 0.289 e. The van der Waals surface area contributed by atoms with Gasteiger partial charge in [-0.2, -0.15) is 5.11 Å². The van der Waals surface area contributed by atoms with Gasteiger partial charge in [-0.25, -0.2) is 0 Å². The molecule has 1 unspecified atom stereocenters. The summed E-state index contributed by atoms with van der Waals surface area (Å²) in [5.41, 5.74) is -0.677. The first-order valence-corrected chi connectivity index (χ1v) is 2.97. The number of hydrogen-bond donors (Lipinski definition) is 0. The van der Waals surface area contributed by atoms with Crippen molar-refractivity contribution in [3.63, 3.8) is 0 Å². The quantitative estimate of drug-likeness (QED) is 0.397. The maximum Gasteiger partial charge on any atom is 0.289 e. The van der Waals surface area contributed by atoms with Crippen molar-refractivity contribution in [2.75, 3.05) is 0 Å². The Morgan fingerprint density at radius 3 is 2.78 bits per heavy atom. The van der Waals surface area contributed by atoms with E-state index >= 15 is 0 Å². The molecule has 1 aliphatic heterocycles. The number of amides is 1. The van der Waals surface area contributed by atoms with Gasteiger partial charge in [0, 0.05) is 6.08 Å². The van der Waals surface area contributed by atoms with Gasteiger partial charge in [0.25, 0.3) is 5.91 Å². The molecule has 0 aromatic heterocycles. The molecule has 0 aliphatic carbocycles. The zero-order valence-corrected chi connectivity index (χ0v) is 5.73. The Morgan fingerprint density at radius 2 is 2.33 bits per heavy atom. The lowest BCUT2D eigenvalue weighted by molar-refractivity contribution is -0.114. The van der Waals surface area contributed by atoms with Gasteiger partial charge in [0.1, 0.15) is 0 Å². The topological polar surface area (TPSA) is 41.8 Å². The molecule has 0 radical (unpaired) electrons. The van der Waals surface area contributed by atoms with Gasteiger partial charge >= 0.3 is 0 Å². The van der Waals surface area contributed by atoms with Crippen molar-refractivity contribution in [3.05, 3.63) is 11.1 Å². The molecule has 1 heterocycles. The molecule has 0 saturated heterocycles. The van der Waals surface area contributed by atoms with E-state index in [-0.39, 0.29) is 5.03 Å². The number of alkyl halides is 1. The molecule has 1 amide bonds. The minimum atomic E-state index is -0.677. The zero-order valence-electron chi connectivity index (χ0n) is 4.21. The number of halogens is 2. The van der Waals surface area contributed by atoms with Gasteiger partial charge in [-0.1, -0.05) is 23.2 Å². The summed E-state index contributed by atoms with van der Waals surface area (Å²) in [6, 6.07) is 0. The predicted molar refractivity (Wildman–Crippen MR) is 33.4 cm³/mol. The van der Waals surface area contributed by atoms with E-state index in [1.807, 2.05) is 0 Å². The first-order chi connectivity index (χ1) is 4.20. The lowest BCUT2D eigenvalue weighted by Crippen LogP contribution is -2.02. The van der Waals surface area contributed by atoms with E-state index in [2.05, 4.69) is 10.2 Å². The number of carbonyl (C=O) groups is 1. The summed E-state index contributed by atoms with van der Waals surface area (Å²) in [6.45, 7) is 0. The van der Waals surface area contributed by atoms with E-state index in [0.717, 1.165) is 6.08 Å². The lowest BCUT2D eigenvalue weighted by atomic mass is 10.4. The molecule has 0 fully saturated rings. The molecule has 0 saturated carbocycles. The van der Waals surface area contributed by atoms with Gasteiger partial charge in [-0.15, -0.1) is 5.11 Å². The van der Waals surface area contributed by atoms with Crippen LogP contribution in [0.15, 0.2) is 21.3 Å². The molecule has 5 heteroatoms. The van der Waals surface area contributed by atoms with Gasteiger partial charge in [0.05, 0.1) is 5.03 Å². The predicted octanol–water partition coefficient (Wildman–Crippen LogP) is 1.67. The number of nitrogens with zero attached hydrogens (tertiary/aromatic N) is 2. The minimum Gasteiger partial charge on any atom is -0.266 e. The zero-order chi connectivity index (χ0) is 6.85. The smallest absolute Gasteiger partial charge is 0.266 e. The van der Waals surface area contributed by atoms with E-state index in [9.17, 15) is 4.79 Å². The standard InChI is InChI=1S/C4H2Cl2N2O/c5-2-1-3(9)7-8-4(2)6/h1,4H.